The van der Waals surface area contributed by atoms with Crippen LogP contribution in [0.1, 0.15) is 41.9 Å². The normalized spacial score (nSPS) is 10.9. The molecule has 0 aliphatic rings. The second-order valence-corrected chi connectivity index (χ2v) is 6.52. The van der Waals surface area contributed by atoms with E-state index in [1.807, 2.05) is 11.8 Å². The summed E-state index contributed by atoms with van der Waals surface area (Å²) in [5, 5.41) is 11.6. The number of aryl methyl sites for hydroxylation is 1. The van der Waals surface area contributed by atoms with Crippen LogP contribution in [0, 0.1) is 12.8 Å². The van der Waals surface area contributed by atoms with Crippen LogP contribution in [-0.4, -0.2) is 35.0 Å². The van der Waals surface area contributed by atoms with Crippen molar-refractivity contribution < 1.29 is 19.1 Å². The van der Waals surface area contributed by atoms with Gasteiger partial charge in [-0.05, 0) is 30.8 Å². The van der Waals surface area contributed by atoms with Crippen LogP contribution in [0.15, 0.2) is 10.7 Å². The predicted octanol–water partition coefficient (Wildman–Crippen LogP) is 2.72. The maximum Gasteiger partial charge on any atom is 0.311 e. The van der Waals surface area contributed by atoms with Crippen LogP contribution >= 0.6 is 11.8 Å². The van der Waals surface area contributed by atoms with Crippen molar-refractivity contribution in [1.29, 1.82) is 0 Å². The van der Waals surface area contributed by atoms with Crippen molar-refractivity contribution in [3.63, 3.8) is 0 Å². The van der Waals surface area contributed by atoms with Gasteiger partial charge in [0.15, 0.2) is 0 Å². The molecule has 5 nitrogen and oxygen atoms in total. The Labute approximate surface area is 129 Å². The molecule has 118 valence electrons. The minimum Gasteiger partial charge on any atom is -0.481 e. The Bertz CT molecular complexity index is 482. The molecule has 0 spiro atoms. The summed E-state index contributed by atoms with van der Waals surface area (Å²) in [5.41, 5.74) is 1.02. The van der Waals surface area contributed by atoms with Crippen molar-refractivity contribution in [2.45, 2.75) is 33.6 Å². The van der Waals surface area contributed by atoms with Gasteiger partial charge in [-0.3, -0.25) is 9.59 Å². The number of rotatable bonds is 9. The number of carboxylic acids is 1. The van der Waals surface area contributed by atoms with Gasteiger partial charge in [0.1, 0.15) is 12.2 Å². The number of nitrogens with one attached hydrogen (secondary N) is 1. The van der Waals surface area contributed by atoms with Gasteiger partial charge in [0.05, 0.1) is 11.8 Å². The van der Waals surface area contributed by atoms with Crippen LogP contribution in [0.25, 0.3) is 0 Å². The molecule has 1 aromatic rings. The van der Waals surface area contributed by atoms with E-state index in [0.29, 0.717) is 23.6 Å². The first-order chi connectivity index (χ1) is 9.91. The molecule has 0 fully saturated rings. The fourth-order valence-electron chi connectivity index (χ4n) is 1.85. The fourth-order valence-corrected chi connectivity index (χ4v) is 2.84. The quantitative estimate of drug-likeness (QED) is 0.685. The number of amides is 1. The van der Waals surface area contributed by atoms with E-state index in [0.717, 1.165) is 17.9 Å². The van der Waals surface area contributed by atoms with E-state index in [1.54, 1.807) is 6.92 Å². The van der Waals surface area contributed by atoms with Gasteiger partial charge in [-0.25, -0.2) is 0 Å². The van der Waals surface area contributed by atoms with E-state index in [9.17, 15) is 9.59 Å². The van der Waals surface area contributed by atoms with Crippen molar-refractivity contribution in [1.82, 2.24) is 5.32 Å². The van der Waals surface area contributed by atoms with Gasteiger partial charge in [-0.1, -0.05) is 13.8 Å². The van der Waals surface area contributed by atoms with Crippen LogP contribution < -0.4 is 5.32 Å². The van der Waals surface area contributed by atoms with Crippen LogP contribution in [0.2, 0.25) is 0 Å². The number of aliphatic carboxylic acids is 1. The summed E-state index contributed by atoms with van der Waals surface area (Å²) in [7, 11) is 0. The molecule has 1 aromatic heterocycles. The van der Waals surface area contributed by atoms with Crippen LogP contribution in [0.4, 0.5) is 0 Å². The van der Waals surface area contributed by atoms with Gasteiger partial charge in [-0.15, -0.1) is 0 Å². The van der Waals surface area contributed by atoms with Crippen LogP contribution in [-0.2, 0) is 11.2 Å². The maximum atomic E-state index is 12.1. The summed E-state index contributed by atoms with van der Waals surface area (Å²) < 4.78 is 5.15. The van der Waals surface area contributed by atoms with Gasteiger partial charge < -0.3 is 14.8 Å². The zero-order chi connectivity index (χ0) is 15.8. The molecular weight excluding hydrogens is 290 g/mol. The molecule has 0 atom stereocenters. The molecule has 0 saturated carbocycles. The lowest BCUT2D eigenvalue weighted by molar-refractivity contribution is -0.136. The third-order valence-corrected chi connectivity index (χ3v) is 4.27. The monoisotopic (exact) mass is 313 g/mol. The smallest absolute Gasteiger partial charge is 0.311 e. The van der Waals surface area contributed by atoms with E-state index in [2.05, 4.69) is 19.2 Å². The predicted molar refractivity (Wildman–Crippen MR) is 83.9 cm³/mol. The molecule has 6 heteroatoms. The zero-order valence-electron chi connectivity index (χ0n) is 12.8. The minimum absolute atomic E-state index is 0.215. The highest BCUT2D eigenvalue weighted by Crippen LogP contribution is 2.17. The average molecular weight is 313 g/mol. The largest absolute Gasteiger partial charge is 0.481 e. The summed E-state index contributed by atoms with van der Waals surface area (Å²) in [6.45, 7) is 6.68. The van der Waals surface area contributed by atoms with E-state index in [-0.39, 0.29) is 18.1 Å². The molecule has 0 aliphatic heterocycles. The molecule has 21 heavy (non-hydrogen) atoms. The molecule has 1 amide bonds. The fraction of sp³-hybridized carbons (Fsp3) is 0.600. The number of hydrogen-bond acceptors (Lipinski definition) is 4. The molecule has 0 aliphatic carbocycles. The molecule has 1 rings (SSSR count). The Morgan fingerprint density at radius 1 is 1.43 bits per heavy atom. The van der Waals surface area contributed by atoms with Gasteiger partial charge in [0.2, 0.25) is 0 Å². The Kier molecular flexibility index (Phi) is 7.36. The summed E-state index contributed by atoms with van der Waals surface area (Å²) in [5.74, 6) is 1.75. The van der Waals surface area contributed by atoms with Gasteiger partial charge in [-0.2, -0.15) is 11.8 Å². The molecule has 0 bridgehead atoms. The van der Waals surface area contributed by atoms with Crippen LogP contribution in [0.3, 0.4) is 0 Å². The molecule has 1 heterocycles. The summed E-state index contributed by atoms with van der Waals surface area (Å²) in [6.07, 6.45) is 2.04. The Hall–Kier alpha value is -1.43. The lowest BCUT2D eigenvalue weighted by atomic mass is 10.1. The Balaban J connectivity index is 2.41. The number of hydrogen-bond donors (Lipinski definition) is 2. The van der Waals surface area contributed by atoms with Crippen molar-refractivity contribution in [2.75, 3.05) is 18.1 Å². The van der Waals surface area contributed by atoms with E-state index >= 15 is 0 Å². The second kappa shape index (κ2) is 8.77. The average Bonchev–Trinajstić information content (AvgIpc) is 2.73. The molecule has 0 radical (unpaired) electrons. The van der Waals surface area contributed by atoms with Crippen molar-refractivity contribution >= 4 is 23.6 Å². The third-order valence-electron chi connectivity index (χ3n) is 2.79. The lowest BCUT2D eigenvalue weighted by Crippen LogP contribution is -2.26. The topological polar surface area (TPSA) is 79.5 Å². The van der Waals surface area contributed by atoms with Gasteiger partial charge in [0, 0.05) is 12.1 Å². The standard InChI is InChI=1S/C15H23NO4S/c1-10(2)9-21-6-4-5-16-15(19)14-11(3)8-20-12(14)7-13(17)18/h8,10H,4-7,9H2,1-3H3,(H,16,19)(H,17,18). The van der Waals surface area contributed by atoms with Crippen molar-refractivity contribution in [2.24, 2.45) is 5.92 Å². The van der Waals surface area contributed by atoms with Gasteiger partial charge >= 0.3 is 5.97 Å². The second-order valence-electron chi connectivity index (χ2n) is 5.37. The van der Waals surface area contributed by atoms with E-state index < -0.39 is 5.97 Å². The summed E-state index contributed by atoms with van der Waals surface area (Å²) in [4.78, 5) is 22.8. The number of carbonyl (C=O) groups is 2. The first-order valence-corrected chi connectivity index (χ1v) is 8.22. The number of carboxylic acid groups (broad SMARTS) is 1. The number of carbonyl (C=O) groups excluding carboxylic acids is 1. The molecular formula is C15H23NO4S. The van der Waals surface area contributed by atoms with Crippen LogP contribution in [0.5, 0.6) is 0 Å². The summed E-state index contributed by atoms with van der Waals surface area (Å²) >= 11 is 1.88. The summed E-state index contributed by atoms with van der Waals surface area (Å²) in [6, 6.07) is 0. The number of thioether (sulfide) groups is 1. The molecule has 0 aromatic carbocycles. The zero-order valence-corrected chi connectivity index (χ0v) is 13.6. The SMILES string of the molecule is Cc1coc(CC(=O)O)c1C(=O)NCCCSCC(C)C. The molecule has 0 saturated heterocycles. The highest BCUT2D eigenvalue weighted by Gasteiger charge is 2.19. The van der Waals surface area contributed by atoms with Crippen molar-refractivity contribution in [3.8, 4) is 0 Å². The van der Waals surface area contributed by atoms with Gasteiger partial charge in [0.25, 0.3) is 5.91 Å². The number of furan rings is 1. The van der Waals surface area contributed by atoms with Crippen molar-refractivity contribution in [3.05, 3.63) is 23.2 Å². The maximum absolute atomic E-state index is 12.1. The van der Waals surface area contributed by atoms with E-state index in [4.69, 9.17) is 9.52 Å². The van der Waals surface area contributed by atoms with E-state index in [1.165, 1.54) is 6.26 Å². The molecule has 0 unspecified atom stereocenters. The first-order valence-electron chi connectivity index (χ1n) is 7.06. The highest BCUT2D eigenvalue weighted by atomic mass is 32.2. The lowest BCUT2D eigenvalue weighted by Gasteiger charge is -2.07. The minimum atomic E-state index is -1.01. The first kappa shape index (κ1) is 17.6. The third kappa shape index (κ3) is 6.25. The molecule has 2 N–H and O–H groups in total. The Morgan fingerprint density at radius 2 is 2.14 bits per heavy atom. The Morgan fingerprint density at radius 3 is 2.76 bits per heavy atom. The highest BCUT2D eigenvalue weighted by molar-refractivity contribution is 7.99.